The van der Waals surface area contributed by atoms with Gasteiger partial charge in [0.05, 0.1) is 0 Å². The molecule has 1 fully saturated rings. The highest BCUT2D eigenvalue weighted by Gasteiger charge is 2.22. The van der Waals surface area contributed by atoms with Gasteiger partial charge in [0, 0.05) is 32.0 Å². The van der Waals surface area contributed by atoms with E-state index in [2.05, 4.69) is 33.9 Å². The van der Waals surface area contributed by atoms with Crippen molar-refractivity contribution in [3.63, 3.8) is 0 Å². The Kier molecular flexibility index (Phi) is 2.72. The summed E-state index contributed by atoms with van der Waals surface area (Å²) in [5, 5.41) is 0. The van der Waals surface area contributed by atoms with Gasteiger partial charge < -0.3 is 14.8 Å². The van der Waals surface area contributed by atoms with Crippen molar-refractivity contribution in [2.45, 2.75) is 18.9 Å². The van der Waals surface area contributed by atoms with Crippen molar-refractivity contribution in [2.24, 2.45) is 0 Å². The van der Waals surface area contributed by atoms with Gasteiger partial charge in [-0.05, 0) is 26.4 Å². The fourth-order valence-electron chi connectivity index (χ4n) is 2.08. The minimum atomic E-state index is 0.685. The van der Waals surface area contributed by atoms with Crippen LogP contribution in [0.15, 0.2) is 12.4 Å². The zero-order valence-electron chi connectivity index (χ0n) is 8.90. The molecule has 1 aromatic heterocycles. The van der Waals surface area contributed by atoms with Gasteiger partial charge in [-0.2, -0.15) is 0 Å². The number of likely N-dealkylation sites (N-methyl/N-ethyl adjacent to an activating group) is 2. The van der Waals surface area contributed by atoms with Crippen molar-refractivity contribution in [1.29, 1.82) is 0 Å². The summed E-state index contributed by atoms with van der Waals surface area (Å²) in [6.07, 6.45) is 6.29. The lowest BCUT2D eigenvalue weighted by atomic mass is 10.2. The highest BCUT2D eigenvalue weighted by molar-refractivity contribution is 5.27. The molecule has 1 N–H and O–H groups in total. The van der Waals surface area contributed by atoms with E-state index in [-0.39, 0.29) is 0 Å². The van der Waals surface area contributed by atoms with E-state index in [0.29, 0.717) is 6.04 Å². The van der Waals surface area contributed by atoms with Crippen LogP contribution >= 0.6 is 0 Å². The Morgan fingerprint density at radius 1 is 1.71 bits per heavy atom. The Hall–Kier alpha value is -1.03. The third kappa shape index (κ3) is 1.90. The first-order valence-corrected chi connectivity index (χ1v) is 5.18. The number of likely N-dealkylation sites (tertiary alicyclic amines) is 1. The van der Waals surface area contributed by atoms with E-state index in [1.54, 1.807) is 6.20 Å². The number of imidazole rings is 1. The normalized spacial score (nSPS) is 22.9. The second kappa shape index (κ2) is 4.00. The highest BCUT2D eigenvalue weighted by Crippen LogP contribution is 2.16. The quantitative estimate of drug-likeness (QED) is 0.777. The van der Waals surface area contributed by atoms with Gasteiger partial charge in [-0.3, -0.25) is 0 Å². The SMILES string of the molecule is CN(CC1CCCN1C)c1ncc[nH]1. The standard InChI is InChI=1S/C10H18N4/c1-13-7-3-4-9(13)8-14(2)10-11-5-6-12-10/h5-6,9H,3-4,7-8H2,1-2H3,(H,11,12). The van der Waals surface area contributed by atoms with E-state index < -0.39 is 0 Å². The fraction of sp³-hybridized carbons (Fsp3) is 0.700. The zero-order valence-corrected chi connectivity index (χ0v) is 8.90. The molecular formula is C10H18N4. The number of aromatic amines is 1. The van der Waals surface area contributed by atoms with Crippen LogP contribution in [-0.2, 0) is 0 Å². The lowest BCUT2D eigenvalue weighted by Crippen LogP contribution is -2.37. The first kappa shape index (κ1) is 9.52. The maximum absolute atomic E-state index is 4.24. The van der Waals surface area contributed by atoms with Crippen LogP contribution in [-0.4, -0.2) is 48.1 Å². The molecule has 0 aromatic carbocycles. The monoisotopic (exact) mass is 194 g/mol. The largest absolute Gasteiger partial charge is 0.344 e. The maximum Gasteiger partial charge on any atom is 0.202 e. The fourth-order valence-corrected chi connectivity index (χ4v) is 2.08. The second-order valence-electron chi connectivity index (χ2n) is 4.07. The third-order valence-corrected chi connectivity index (χ3v) is 3.00. The Labute approximate surface area is 84.9 Å². The zero-order chi connectivity index (χ0) is 9.97. The van der Waals surface area contributed by atoms with E-state index in [4.69, 9.17) is 0 Å². The number of rotatable bonds is 3. The number of H-pyrrole nitrogens is 1. The molecule has 1 aliphatic rings. The molecule has 0 saturated carbocycles. The molecule has 1 saturated heterocycles. The Balaban J connectivity index is 1.91. The van der Waals surface area contributed by atoms with Crippen LogP contribution in [0.5, 0.6) is 0 Å². The molecule has 2 heterocycles. The number of aromatic nitrogens is 2. The number of nitrogens with one attached hydrogen (secondary N) is 1. The van der Waals surface area contributed by atoms with Crippen LogP contribution in [0.4, 0.5) is 5.95 Å². The van der Waals surface area contributed by atoms with E-state index in [1.807, 2.05) is 6.20 Å². The van der Waals surface area contributed by atoms with Crippen LogP contribution in [0, 0.1) is 0 Å². The Morgan fingerprint density at radius 2 is 2.57 bits per heavy atom. The van der Waals surface area contributed by atoms with E-state index >= 15 is 0 Å². The van der Waals surface area contributed by atoms with E-state index in [1.165, 1.54) is 19.4 Å². The lowest BCUT2D eigenvalue weighted by molar-refractivity contribution is 0.313. The number of nitrogens with zero attached hydrogens (tertiary/aromatic N) is 3. The van der Waals surface area contributed by atoms with Crippen LogP contribution in [0.3, 0.4) is 0 Å². The van der Waals surface area contributed by atoms with Gasteiger partial charge in [-0.25, -0.2) is 4.98 Å². The number of hydrogen-bond donors (Lipinski definition) is 1. The van der Waals surface area contributed by atoms with Crippen LogP contribution in [0.2, 0.25) is 0 Å². The molecule has 1 aliphatic heterocycles. The topological polar surface area (TPSA) is 35.2 Å². The summed E-state index contributed by atoms with van der Waals surface area (Å²) in [6.45, 7) is 2.29. The predicted molar refractivity (Wildman–Crippen MR) is 57.5 cm³/mol. The molecule has 0 amide bonds. The first-order chi connectivity index (χ1) is 6.77. The second-order valence-corrected chi connectivity index (χ2v) is 4.07. The summed E-state index contributed by atoms with van der Waals surface area (Å²) in [6, 6.07) is 0.685. The van der Waals surface area contributed by atoms with E-state index in [9.17, 15) is 0 Å². The summed E-state index contributed by atoms with van der Waals surface area (Å²) in [4.78, 5) is 12.0. The summed E-state index contributed by atoms with van der Waals surface area (Å²) in [7, 11) is 4.29. The molecule has 0 radical (unpaired) electrons. The lowest BCUT2D eigenvalue weighted by Gasteiger charge is -2.25. The molecule has 1 atom stereocenters. The molecule has 78 valence electrons. The average molecular weight is 194 g/mol. The molecular weight excluding hydrogens is 176 g/mol. The molecule has 1 unspecified atom stereocenters. The Bertz CT molecular complexity index is 270. The third-order valence-electron chi connectivity index (χ3n) is 3.00. The predicted octanol–water partition coefficient (Wildman–Crippen LogP) is 0.940. The van der Waals surface area contributed by atoms with E-state index in [0.717, 1.165) is 12.5 Å². The Morgan fingerprint density at radius 3 is 3.14 bits per heavy atom. The van der Waals surface area contributed by atoms with Crippen molar-refractivity contribution in [2.75, 3.05) is 32.1 Å². The van der Waals surface area contributed by atoms with Gasteiger partial charge in [0.15, 0.2) is 0 Å². The van der Waals surface area contributed by atoms with Gasteiger partial charge in [-0.1, -0.05) is 0 Å². The molecule has 1 aromatic rings. The van der Waals surface area contributed by atoms with Crippen molar-refractivity contribution < 1.29 is 0 Å². The molecule has 4 heteroatoms. The summed E-state index contributed by atoms with van der Waals surface area (Å²) in [5.41, 5.74) is 0. The molecule has 14 heavy (non-hydrogen) atoms. The van der Waals surface area contributed by atoms with Crippen LogP contribution in [0.25, 0.3) is 0 Å². The summed E-state index contributed by atoms with van der Waals surface area (Å²) < 4.78 is 0. The molecule has 2 rings (SSSR count). The summed E-state index contributed by atoms with van der Waals surface area (Å²) >= 11 is 0. The maximum atomic E-state index is 4.24. The van der Waals surface area contributed by atoms with Gasteiger partial charge >= 0.3 is 0 Å². The average Bonchev–Trinajstić information content (AvgIpc) is 2.77. The van der Waals surface area contributed by atoms with Crippen molar-refractivity contribution in [1.82, 2.24) is 14.9 Å². The number of hydrogen-bond acceptors (Lipinski definition) is 3. The number of anilines is 1. The van der Waals surface area contributed by atoms with Gasteiger partial charge in [-0.15, -0.1) is 0 Å². The minimum Gasteiger partial charge on any atom is -0.344 e. The van der Waals surface area contributed by atoms with Gasteiger partial charge in [0.2, 0.25) is 5.95 Å². The van der Waals surface area contributed by atoms with Crippen molar-refractivity contribution in [3.8, 4) is 0 Å². The van der Waals surface area contributed by atoms with Crippen molar-refractivity contribution >= 4 is 5.95 Å². The van der Waals surface area contributed by atoms with Crippen LogP contribution < -0.4 is 4.90 Å². The van der Waals surface area contributed by atoms with Gasteiger partial charge in [0.1, 0.15) is 0 Å². The molecule has 0 aliphatic carbocycles. The first-order valence-electron chi connectivity index (χ1n) is 5.18. The minimum absolute atomic E-state index is 0.685. The molecule has 4 nitrogen and oxygen atoms in total. The smallest absolute Gasteiger partial charge is 0.202 e. The van der Waals surface area contributed by atoms with Crippen molar-refractivity contribution in [3.05, 3.63) is 12.4 Å². The highest BCUT2D eigenvalue weighted by atomic mass is 15.3. The molecule has 0 spiro atoms. The summed E-state index contributed by atoms with van der Waals surface area (Å²) in [5.74, 6) is 0.963. The van der Waals surface area contributed by atoms with Crippen LogP contribution in [0.1, 0.15) is 12.8 Å². The molecule has 0 bridgehead atoms. The van der Waals surface area contributed by atoms with Gasteiger partial charge in [0.25, 0.3) is 0 Å².